The van der Waals surface area contributed by atoms with Crippen LogP contribution in [-0.2, 0) is 6.42 Å². The second-order valence-corrected chi connectivity index (χ2v) is 4.20. The van der Waals surface area contributed by atoms with Crippen LogP contribution in [0.4, 0.5) is 5.69 Å². The van der Waals surface area contributed by atoms with Crippen molar-refractivity contribution in [3.05, 3.63) is 59.7 Å². The summed E-state index contributed by atoms with van der Waals surface area (Å²) in [6.07, 6.45) is 0.899. The molecule has 0 fully saturated rings. The molecule has 19 heavy (non-hydrogen) atoms. The van der Waals surface area contributed by atoms with Crippen LogP contribution >= 0.6 is 0 Å². The first kappa shape index (κ1) is 13.1. The maximum absolute atomic E-state index is 12.0. The van der Waals surface area contributed by atoms with Crippen molar-refractivity contribution in [2.24, 2.45) is 0 Å². The highest BCUT2D eigenvalue weighted by Crippen LogP contribution is 2.23. The number of aryl methyl sites for hydroxylation is 1. The van der Waals surface area contributed by atoms with E-state index >= 15 is 0 Å². The molecule has 0 aliphatic heterocycles. The van der Waals surface area contributed by atoms with Crippen LogP contribution in [0.15, 0.2) is 48.5 Å². The van der Waals surface area contributed by atoms with E-state index in [2.05, 4.69) is 12.2 Å². The minimum atomic E-state index is -0.119. The molecular formula is C16H17NO2. The highest BCUT2D eigenvalue weighted by atomic mass is 16.5. The van der Waals surface area contributed by atoms with E-state index in [4.69, 9.17) is 4.74 Å². The number of anilines is 1. The lowest BCUT2D eigenvalue weighted by molar-refractivity contribution is 0.102. The third-order valence-electron chi connectivity index (χ3n) is 2.96. The number of carbonyl (C=O) groups excluding carboxylic acids is 1. The molecule has 0 saturated carbocycles. The molecular weight excluding hydrogens is 238 g/mol. The first-order valence-electron chi connectivity index (χ1n) is 6.28. The van der Waals surface area contributed by atoms with Crippen LogP contribution < -0.4 is 10.1 Å². The van der Waals surface area contributed by atoms with Gasteiger partial charge in [-0.3, -0.25) is 4.79 Å². The Kier molecular flexibility index (Phi) is 4.18. The van der Waals surface area contributed by atoms with Gasteiger partial charge in [0.05, 0.1) is 7.11 Å². The van der Waals surface area contributed by atoms with E-state index in [1.807, 2.05) is 36.4 Å². The largest absolute Gasteiger partial charge is 0.496 e. The third-order valence-corrected chi connectivity index (χ3v) is 2.96. The molecule has 3 heteroatoms. The quantitative estimate of drug-likeness (QED) is 0.908. The number of benzene rings is 2. The Morgan fingerprint density at radius 1 is 1.16 bits per heavy atom. The molecule has 2 aromatic carbocycles. The lowest BCUT2D eigenvalue weighted by Gasteiger charge is -2.10. The molecule has 98 valence electrons. The molecule has 0 spiro atoms. The Morgan fingerprint density at radius 3 is 2.53 bits per heavy atom. The Hall–Kier alpha value is -2.29. The monoisotopic (exact) mass is 255 g/mol. The maximum atomic E-state index is 12.0. The molecule has 0 heterocycles. The Morgan fingerprint density at radius 2 is 1.89 bits per heavy atom. The van der Waals surface area contributed by atoms with Gasteiger partial charge < -0.3 is 10.1 Å². The molecule has 3 nitrogen and oxygen atoms in total. The summed E-state index contributed by atoms with van der Waals surface area (Å²) < 4.78 is 5.31. The molecule has 0 atom stereocenters. The molecule has 2 rings (SSSR count). The topological polar surface area (TPSA) is 38.3 Å². The van der Waals surface area contributed by atoms with Crippen molar-refractivity contribution in [1.82, 2.24) is 0 Å². The fourth-order valence-corrected chi connectivity index (χ4v) is 1.91. The van der Waals surface area contributed by atoms with Crippen molar-refractivity contribution in [3.8, 4) is 5.75 Å². The summed E-state index contributed by atoms with van der Waals surface area (Å²) in [5.74, 6) is 0.681. The van der Waals surface area contributed by atoms with Gasteiger partial charge in [-0.05, 0) is 30.2 Å². The molecule has 0 bridgehead atoms. The predicted molar refractivity (Wildman–Crippen MR) is 76.8 cm³/mol. The second-order valence-electron chi connectivity index (χ2n) is 4.20. The van der Waals surface area contributed by atoms with E-state index in [0.717, 1.165) is 23.4 Å². The number of carbonyl (C=O) groups is 1. The average molecular weight is 255 g/mol. The van der Waals surface area contributed by atoms with Crippen LogP contribution in [-0.4, -0.2) is 13.0 Å². The van der Waals surface area contributed by atoms with Gasteiger partial charge in [-0.1, -0.05) is 31.2 Å². The van der Waals surface area contributed by atoms with E-state index in [1.165, 1.54) is 0 Å². The van der Waals surface area contributed by atoms with Crippen molar-refractivity contribution >= 4 is 11.6 Å². The number of hydrogen-bond acceptors (Lipinski definition) is 2. The number of ether oxygens (including phenoxy) is 1. The molecule has 0 aliphatic rings. The molecule has 0 radical (unpaired) electrons. The first-order chi connectivity index (χ1) is 9.24. The van der Waals surface area contributed by atoms with Crippen LogP contribution in [0.3, 0.4) is 0 Å². The minimum Gasteiger partial charge on any atom is -0.496 e. The van der Waals surface area contributed by atoms with Gasteiger partial charge >= 0.3 is 0 Å². The Balaban J connectivity index is 2.18. The summed E-state index contributed by atoms with van der Waals surface area (Å²) >= 11 is 0. The first-order valence-corrected chi connectivity index (χ1v) is 6.28. The van der Waals surface area contributed by atoms with Gasteiger partial charge in [0.1, 0.15) is 5.75 Å². The molecule has 1 amide bonds. The molecule has 0 aromatic heterocycles. The van der Waals surface area contributed by atoms with Gasteiger partial charge in [0.25, 0.3) is 5.91 Å². The van der Waals surface area contributed by atoms with Crippen molar-refractivity contribution in [2.75, 3.05) is 12.4 Å². The van der Waals surface area contributed by atoms with Crippen molar-refractivity contribution < 1.29 is 9.53 Å². The Bertz CT molecular complexity index is 564. The van der Waals surface area contributed by atoms with E-state index in [9.17, 15) is 4.79 Å². The van der Waals surface area contributed by atoms with Gasteiger partial charge in [0, 0.05) is 17.3 Å². The highest BCUT2D eigenvalue weighted by Gasteiger charge is 2.07. The number of amides is 1. The number of rotatable bonds is 4. The lowest BCUT2D eigenvalue weighted by Crippen LogP contribution is -2.11. The number of methoxy groups -OCH3 is 1. The third kappa shape index (κ3) is 3.13. The van der Waals surface area contributed by atoms with Crippen molar-refractivity contribution in [2.45, 2.75) is 13.3 Å². The van der Waals surface area contributed by atoms with Crippen molar-refractivity contribution in [1.29, 1.82) is 0 Å². The van der Waals surface area contributed by atoms with E-state index in [0.29, 0.717) is 5.56 Å². The van der Waals surface area contributed by atoms with Crippen LogP contribution in [0, 0.1) is 0 Å². The standard InChI is InChI=1S/C16H17NO2/c1-3-12-9-10-14(11-15(12)19-2)17-16(18)13-7-5-4-6-8-13/h4-11H,3H2,1-2H3,(H,17,18). The van der Waals surface area contributed by atoms with E-state index < -0.39 is 0 Å². The van der Waals surface area contributed by atoms with Gasteiger partial charge in [-0.25, -0.2) is 0 Å². The SMILES string of the molecule is CCc1ccc(NC(=O)c2ccccc2)cc1OC. The predicted octanol–water partition coefficient (Wildman–Crippen LogP) is 3.51. The molecule has 0 saturated heterocycles. The molecule has 1 N–H and O–H groups in total. The summed E-state index contributed by atoms with van der Waals surface area (Å²) in [6.45, 7) is 2.07. The number of hydrogen-bond donors (Lipinski definition) is 1. The zero-order valence-electron chi connectivity index (χ0n) is 11.1. The van der Waals surface area contributed by atoms with Gasteiger partial charge in [0.15, 0.2) is 0 Å². The second kappa shape index (κ2) is 6.05. The maximum Gasteiger partial charge on any atom is 0.255 e. The van der Waals surface area contributed by atoms with Crippen LogP contribution in [0.25, 0.3) is 0 Å². The lowest BCUT2D eigenvalue weighted by atomic mass is 10.1. The number of nitrogens with one attached hydrogen (secondary N) is 1. The highest BCUT2D eigenvalue weighted by molar-refractivity contribution is 6.04. The molecule has 0 unspecified atom stereocenters. The van der Waals surface area contributed by atoms with Gasteiger partial charge in [-0.2, -0.15) is 0 Å². The average Bonchev–Trinajstić information content (AvgIpc) is 2.48. The van der Waals surface area contributed by atoms with Crippen LogP contribution in [0.5, 0.6) is 5.75 Å². The fourth-order valence-electron chi connectivity index (χ4n) is 1.91. The van der Waals surface area contributed by atoms with Gasteiger partial charge in [-0.15, -0.1) is 0 Å². The smallest absolute Gasteiger partial charge is 0.255 e. The summed E-state index contributed by atoms with van der Waals surface area (Å²) in [6, 6.07) is 14.8. The normalized spacial score (nSPS) is 10.0. The summed E-state index contributed by atoms with van der Waals surface area (Å²) in [5, 5.41) is 2.87. The molecule has 0 aliphatic carbocycles. The van der Waals surface area contributed by atoms with E-state index in [-0.39, 0.29) is 5.91 Å². The Labute approximate surface area is 113 Å². The van der Waals surface area contributed by atoms with Crippen molar-refractivity contribution in [3.63, 3.8) is 0 Å². The summed E-state index contributed by atoms with van der Waals surface area (Å²) in [5.41, 5.74) is 2.50. The zero-order valence-corrected chi connectivity index (χ0v) is 11.1. The van der Waals surface area contributed by atoms with Crippen LogP contribution in [0.2, 0.25) is 0 Å². The van der Waals surface area contributed by atoms with Crippen LogP contribution in [0.1, 0.15) is 22.8 Å². The fraction of sp³-hybridized carbons (Fsp3) is 0.188. The summed E-state index contributed by atoms with van der Waals surface area (Å²) in [4.78, 5) is 12.0. The summed E-state index contributed by atoms with van der Waals surface area (Å²) in [7, 11) is 1.64. The zero-order chi connectivity index (χ0) is 13.7. The minimum absolute atomic E-state index is 0.119. The van der Waals surface area contributed by atoms with Gasteiger partial charge in [0.2, 0.25) is 0 Å². The van der Waals surface area contributed by atoms with E-state index in [1.54, 1.807) is 19.2 Å². The molecule has 2 aromatic rings.